The molecule has 1 aliphatic rings. The van der Waals surface area contributed by atoms with Crippen LogP contribution in [0.2, 0.25) is 0 Å². The van der Waals surface area contributed by atoms with E-state index in [9.17, 15) is 13.2 Å². The molecule has 0 atom stereocenters. The number of benzene rings is 1. The monoisotopic (exact) mass is 447 g/mol. The van der Waals surface area contributed by atoms with Gasteiger partial charge in [-0.2, -0.15) is 4.31 Å². The summed E-state index contributed by atoms with van der Waals surface area (Å²) in [5.74, 6) is -0.142. The summed E-state index contributed by atoms with van der Waals surface area (Å²) >= 11 is 1.66. The van der Waals surface area contributed by atoms with Crippen LogP contribution in [0.3, 0.4) is 0 Å². The van der Waals surface area contributed by atoms with Crippen LogP contribution < -0.4 is 5.32 Å². The minimum absolute atomic E-state index is 0.142. The number of hydrogen-bond donors (Lipinski definition) is 1. The van der Waals surface area contributed by atoms with E-state index in [2.05, 4.69) is 11.9 Å². The quantitative estimate of drug-likeness (QED) is 0.591. The summed E-state index contributed by atoms with van der Waals surface area (Å²) in [4.78, 5) is 15.9. The van der Waals surface area contributed by atoms with Crippen molar-refractivity contribution in [3.63, 3.8) is 0 Å². The first-order valence-corrected chi connectivity index (χ1v) is 12.6. The van der Waals surface area contributed by atoms with Crippen molar-refractivity contribution in [2.75, 3.05) is 31.5 Å². The van der Waals surface area contributed by atoms with Gasteiger partial charge in [0.25, 0.3) is 0 Å². The van der Waals surface area contributed by atoms with Crippen LogP contribution in [0.25, 0.3) is 0 Å². The van der Waals surface area contributed by atoms with Gasteiger partial charge in [-0.15, -0.1) is 17.9 Å². The van der Waals surface area contributed by atoms with Crippen molar-refractivity contribution in [3.05, 3.63) is 59.3 Å². The second-order valence-electron chi connectivity index (χ2n) is 7.43. The Balaban J connectivity index is 1.60. The number of hydrogen-bond acceptors (Lipinski definition) is 5. The van der Waals surface area contributed by atoms with Crippen molar-refractivity contribution in [1.29, 1.82) is 0 Å². The Morgan fingerprint density at radius 3 is 2.43 bits per heavy atom. The van der Waals surface area contributed by atoms with E-state index in [1.807, 2.05) is 22.4 Å². The minimum atomic E-state index is -3.48. The Bertz CT molecular complexity index is 917. The second kappa shape index (κ2) is 10.9. The lowest BCUT2D eigenvalue weighted by Crippen LogP contribution is -2.33. The molecule has 0 bridgehead atoms. The zero-order valence-electron chi connectivity index (χ0n) is 17.1. The fourth-order valence-corrected chi connectivity index (χ4v) is 5.80. The van der Waals surface area contributed by atoms with Crippen molar-refractivity contribution >= 4 is 33.0 Å². The summed E-state index contributed by atoms with van der Waals surface area (Å²) in [5, 5.41) is 4.88. The molecular formula is C22H29N3O3S2. The maximum absolute atomic E-state index is 12.9. The first kappa shape index (κ1) is 22.7. The number of rotatable bonds is 9. The predicted octanol–water partition coefficient (Wildman–Crippen LogP) is 3.94. The van der Waals surface area contributed by atoms with Gasteiger partial charge in [0.05, 0.1) is 11.4 Å². The van der Waals surface area contributed by atoms with Crippen LogP contribution in [0.15, 0.2) is 59.3 Å². The van der Waals surface area contributed by atoms with Crippen LogP contribution in [0.1, 0.15) is 30.6 Å². The van der Waals surface area contributed by atoms with Crippen LogP contribution >= 0.6 is 11.3 Å². The third-order valence-electron chi connectivity index (χ3n) is 5.05. The van der Waals surface area contributed by atoms with Crippen LogP contribution in [0.5, 0.6) is 0 Å². The predicted molar refractivity (Wildman–Crippen MR) is 122 cm³/mol. The number of nitrogens with zero attached hydrogens (tertiary/aromatic N) is 2. The Morgan fingerprint density at radius 2 is 1.83 bits per heavy atom. The number of carbonyl (C=O) groups is 1. The van der Waals surface area contributed by atoms with Crippen LogP contribution in [0.4, 0.5) is 5.69 Å². The zero-order chi connectivity index (χ0) is 21.4. The fourth-order valence-electron chi connectivity index (χ4n) is 3.54. The number of carbonyl (C=O) groups excluding carboxylic acids is 1. The van der Waals surface area contributed by atoms with Gasteiger partial charge in [-0.1, -0.05) is 25.0 Å². The lowest BCUT2D eigenvalue weighted by Gasteiger charge is -2.20. The maximum atomic E-state index is 12.9. The molecule has 3 rings (SSSR count). The van der Waals surface area contributed by atoms with Gasteiger partial charge in [-0.05, 0) is 48.6 Å². The molecule has 0 saturated carbocycles. The lowest BCUT2D eigenvalue weighted by molar-refractivity contribution is -0.117. The molecule has 162 valence electrons. The molecule has 6 nitrogen and oxygen atoms in total. The van der Waals surface area contributed by atoms with Gasteiger partial charge in [0.15, 0.2) is 0 Å². The standard InChI is InChI=1S/C22H29N3O3S2/c1-2-13-24(17-20-8-7-16-29-20)18-22(26)23-19-9-11-21(12-10-19)30(27,28)25-14-5-3-4-6-15-25/h2,7-12,16H,1,3-6,13-15,17-18H2,(H,23,26). The third kappa shape index (κ3) is 6.25. The fraction of sp³-hybridized carbons (Fsp3) is 0.409. The molecular weight excluding hydrogens is 418 g/mol. The van der Waals surface area contributed by atoms with Crippen molar-refractivity contribution < 1.29 is 13.2 Å². The van der Waals surface area contributed by atoms with E-state index in [0.29, 0.717) is 31.9 Å². The van der Waals surface area contributed by atoms with E-state index in [1.54, 1.807) is 46.0 Å². The Kier molecular flexibility index (Phi) is 8.21. The lowest BCUT2D eigenvalue weighted by atomic mass is 10.2. The summed E-state index contributed by atoms with van der Waals surface area (Å²) in [6, 6.07) is 10.5. The molecule has 1 aromatic heterocycles. The van der Waals surface area contributed by atoms with Gasteiger partial charge in [0, 0.05) is 36.7 Å². The van der Waals surface area contributed by atoms with Gasteiger partial charge >= 0.3 is 0 Å². The van der Waals surface area contributed by atoms with Crippen LogP contribution in [-0.4, -0.2) is 49.7 Å². The molecule has 0 unspecified atom stereocenters. The topological polar surface area (TPSA) is 69.7 Å². The van der Waals surface area contributed by atoms with E-state index >= 15 is 0 Å². The van der Waals surface area contributed by atoms with E-state index in [-0.39, 0.29) is 17.3 Å². The SMILES string of the molecule is C=CCN(CC(=O)Nc1ccc(S(=O)(=O)N2CCCCCC2)cc1)Cc1cccs1. The molecule has 30 heavy (non-hydrogen) atoms. The molecule has 2 aromatic rings. The van der Waals surface area contributed by atoms with E-state index in [1.165, 1.54) is 4.88 Å². The number of thiophene rings is 1. The molecule has 0 radical (unpaired) electrons. The molecule has 1 saturated heterocycles. The highest BCUT2D eigenvalue weighted by Crippen LogP contribution is 2.22. The molecule has 1 fully saturated rings. The number of anilines is 1. The summed E-state index contributed by atoms with van der Waals surface area (Å²) < 4.78 is 27.3. The average molecular weight is 448 g/mol. The van der Waals surface area contributed by atoms with Crippen molar-refractivity contribution in [2.24, 2.45) is 0 Å². The minimum Gasteiger partial charge on any atom is -0.325 e. The van der Waals surface area contributed by atoms with Gasteiger partial charge in [0.2, 0.25) is 15.9 Å². The summed E-state index contributed by atoms with van der Waals surface area (Å²) in [7, 11) is -3.48. The molecule has 1 N–H and O–H groups in total. The normalized spacial score (nSPS) is 15.6. The Labute approximate surface area is 183 Å². The zero-order valence-corrected chi connectivity index (χ0v) is 18.8. The molecule has 0 aliphatic carbocycles. The molecule has 1 aromatic carbocycles. The smallest absolute Gasteiger partial charge is 0.243 e. The summed E-state index contributed by atoms with van der Waals surface area (Å²) in [6.07, 6.45) is 5.74. The third-order valence-corrected chi connectivity index (χ3v) is 7.83. The highest BCUT2D eigenvalue weighted by Gasteiger charge is 2.25. The first-order chi connectivity index (χ1) is 14.5. The van der Waals surface area contributed by atoms with Crippen molar-refractivity contribution in [1.82, 2.24) is 9.21 Å². The maximum Gasteiger partial charge on any atom is 0.243 e. The number of sulfonamides is 1. The average Bonchev–Trinajstić information content (AvgIpc) is 3.06. The number of amides is 1. The van der Waals surface area contributed by atoms with Gasteiger partial charge < -0.3 is 5.32 Å². The molecule has 1 aliphatic heterocycles. The van der Waals surface area contributed by atoms with Gasteiger partial charge in [-0.3, -0.25) is 9.69 Å². The van der Waals surface area contributed by atoms with E-state index < -0.39 is 10.0 Å². The van der Waals surface area contributed by atoms with Crippen LogP contribution in [-0.2, 0) is 21.4 Å². The molecule has 0 spiro atoms. The first-order valence-electron chi connectivity index (χ1n) is 10.2. The molecule has 2 heterocycles. The van der Waals surface area contributed by atoms with Crippen LogP contribution in [0, 0.1) is 0 Å². The largest absolute Gasteiger partial charge is 0.325 e. The highest BCUT2D eigenvalue weighted by atomic mass is 32.2. The molecule has 1 amide bonds. The summed E-state index contributed by atoms with van der Waals surface area (Å²) in [5.41, 5.74) is 0.587. The second-order valence-corrected chi connectivity index (χ2v) is 10.4. The summed E-state index contributed by atoms with van der Waals surface area (Å²) in [6.45, 7) is 6.44. The Morgan fingerprint density at radius 1 is 1.13 bits per heavy atom. The van der Waals surface area contributed by atoms with Gasteiger partial charge in [-0.25, -0.2) is 8.42 Å². The highest BCUT2D eigenvalue weighted by molar-refractivity contribution is 7.89. The van der Waals surface area contributed by atoms with E-state index in [0.717, 1.165) is 25.7 Å². The molecule has 8 heteroatoms. The van der Waals surface area contributed by atoms with Crippen molar-refractivity contribution in [3.8, 4) is 0 Å². The Hall–Kier alpha value is -2.00. The van der Waals surface area contributed by atoms with Crippen molar-refractivity contribution in [2.45, 2.75) is 37.1 Å². The number of nitrogens with one attached hydrogen (secondary N) is 1. The van der Waals surface area contributed by atoms with E-state index in [4.69, 9.17) is 0 Å². The van der Waals surface area contributed by atoms with Gasteiger partial charge in [0.1, 0.15) is 0 Å².